The first-order valence-corrected chi connectivity index (χ1v) is 9.17. The molecule has 3 heterocycles. The molecule has 4 rings (SSSR count). The standard InChI is InChI=1S/C20H23ClN2O2/c21-18-5-3-16(4-6-18)14-17-7-11-22(23-10-1-2-19(17)23)15-20(24)8-12-25-13-9-20/h1-7,10,24H,8-9,11-15H2. The van der Waals surface area contributed by atoms with E-state index in [0.717, 1.165) is 18.0 Å². The van der Waals surface area contributed by atoms with Crippen molar-refractivity contribution < 1.29 is 9.84 Å². The average Bonchev–Trinajstić information content (AvgIpc) is 3.10. The van der Waals surface area contributed by atoms with Crippen LogP contribution in [0.1, 0.15) is 24.1 Å². The molecule has 1 aromatic heterocycles. The Morgan fingerprint density at radius 3 is 2.64 bits per heavy atom. The first-order valence-electron chi connectivity index (χ1n) is 8.80. The monoisotopic (exact) mass is 358 g/mol. The number of hydrogen-bond donors (Lipinski definition) is 1. The number of allylic oxidation sites excluding steroid dienone is 1. The van der Waals surface area contributed by atoms with Gasteiger partial charge < -0.3 is 14.9 Å². The average molecular weight is 359 g/mol. The molecule has 1 aromatic carbocycles. The van der Waals surface area contributed by atoms with E-state index in [-0.39, 0.29) is 0 Å². The first-order chi connectivity index (χ1) is 12.1. The summed E-state index contributed by atoms with van der Waals surface area (Å²) < 4.78 is 7.57. The maximum atomic E-state index is 10.8. The molecule has 132 valence electrons. The number of halogens is 1. The molecule has 0 spiro atoms. The number of aliphatic hydroxyl groups is 1. The Morgan fingerprint density at radius 2 is 1.88 bits per heavy atom. The highest BCUT2D eigenvalue weighted by Gasteiger charge is 2.33. The van der Waals surface area contributed by atoms with E-state index >= 15 is 0 Å². The Hall–Kier alpha value is -1.75. The molecule has 5 heteroatoms. The summed E-state index contributed by atoms with van der Waals surface area (Å²) in [5.41, 5.74) is 3.08. The van der Waals surface area contributed by atoms with Crippen LogP contribution in [0, 0.1) is 0 Å². The van der Waals surface area contributed by atoms with Gasteiger partial charge in [0.15, 0.2) is 0 Å². The molecule has 0 unspecified atom stereocenters. The zero-order valence-electron chi connectivity index (χ0n) is 14.2. The van der Waals surface area contributed by atoms with Gasteiger partial charge in [-0.15, -0.1) is 0 Å². The summed E-state index contributed by atoms with van der Waals surface area (Å²) in [4.78, 5) is 0. The van der Waals surface area contributed by atoms with Gasteiger partial charge in [0.25, 0.3) is 0 Å². The lowest BCUT2D eigenvalue weighted by molar-refractivity contribution is -0.0599. The van der Waals surface area contributed by atoms with Crippen LogP contribution in [0.3, 0.4) is 0 Å². The van der Waals surface area contributed by atoms with Gasteiger partial charge >= 0.3 is 0 Å². The second kappa shape index (κ2) is 6.87. The minimum atomic E-state index is -0.665. The molecule has 4 nitrogen and oxygen atoms in total. The van der Waals surface area contributed by atoms with Crippen molar-refractivity contribution in [2.75, 3.05) is 31.3 Å². The van der Waals surface area contributed by atoms with Crippen molar-refractivity contribution in [3.8, 4) is 0 Å². The number of ether oxygens (including phenoxy) is 1. The highest BCUT2D eigenvalue weighted by Crippen LogP contribution is 2.27. The smallest absolute Gasteiger partial charge is 0.0881 e. The molecule has 2 aliphatic heterocycles. The molecule has 1 N–H and O–H groups in total. The van der Waals surface area contributed by atoms with Crippen molar-refractivity contribution in [2.24, 2.45) is 0 Å². The Kier molecular flexibility index (Phi) is 4.59. The second-order valence-electron chi connectivity index (χ2n) is 6.95. The highest BCUT2D eigenvalue weighted by atomic mass is 35.5. The topological polar surface area (TPSA) is 37.6 Å². The van der Waals surface area contributed by atoms with Crippen LogP contribution in [0.2, 0.25) is 5.02 Å². The highest BCUT2D eigenvalue weighted by molar-refractivity contribution is 6.30. The molecule has 2 aromatic rings. The van der Waals surface area contributed by atoms with E-state index in [1.165, 1.54) is 16.8 Å². The lowest BCUT2D eigenvalue weighted by Gasteiger charge is -2.40. The number of benzene rings is 1. The van der Waals surface area contributed by atoms with Crippen LogP contribution in [0.15, 0.2) is 48.7 Å². The molecule has 0 bridgehead atoms. The molecule has 0 aliphatic carbocycles. The Bertz CT molecular complexity index is 760. The number of β-amino-alcohol motifs (C(OH)–C–C–N with tert-alkyl or cyclic N) is 1. The fraction of sp³-hybridized carbons (Fsp3) is 0.400. The molecular weight excluding hydrogens is 336 g/mol. The molecule has 2 aliphatic rings. The van der Waals surface area contributed by atoms with E-state index in [2.05, 4.69) is 46.2 Å². The van der Waals surface area contributed by atoms with Crippen LogP contribution in [-0.4, -0.2) is 41.7 Å². The van der Waals surface area contributed by atoms with Crippen LogP contribution < -0.4 is 5.01 Å². The summed E-state index contributed by atoms with van der Waals surface area (Å²) in [6.07, 6.45) is 6.62. The van der Waals surface area contributed by atoms with Crippen LogP contribution in [0.5, 0.6) is 0 Å². The molecule has 0 radical (unpaired) electrons. The van der Waals surface area contributed by atoms with Gasteiger partial charge in [0.1, 0.15) is 0 Å². The van der Waals surface area contributed by atoms with Crippen LogP contribution in [0.4, 0.5) is 0 Å². The van der Waals surface area contributed by atoms with Crippen LogP contribution in [0.25, 0.3) is 5.57 Å². The number of fused-ring (bicyclic) bond motifs is 1. The quantitative estimate of drug-likeness (QED) is 0.911. The van der Waals surface area contributed by atoms with Crippen molar-refractivity contribution in [3.63, 3.8) is 0 Å². The fourth-order valence-electron chi connectivity index (χ4n) is 3.66. The third-order valence-electron chi connectivity index (χ3n) is 5.12. The van der Waals surface area contributed by atoms with E-state index in [4.69, 9.17) is 16.3 Å². The van der Waals surface area contributed by atoms with Gasteiger partial charge in [-0.2, -0.15) is 0 Å². The summed E-state index contributed by atoms with van der Waals surface area (Å²) in [7, 11) is 0. The van der Waals surface area contributed by atoms with Crippen molar-refractivity contribution in [1.29, 1.82) is 0 Å². The van der Waals surface area contributed by atoms with E-state index in [9.17, 15) is 5.11 Å². The second-order valence-corrected chi connectivity index (χ2v) is 7.39. The van der Waals surface area contributed by atoms with Gasteiger partial charge in [-0.1, -0.05) is 29.8 Å². The molecule has 25 heavy (non-hydrogen) atoms. The van der Waals surface area contributed by atoms with Crippen molar-refractivity contribution in [1.82, 2.24) is 4.68 Å². The normalized spacial score (nSPS) is 19.4. The zero-order valence-corrected chi connectivity index (χ0v) is 15.0. The van der Waals surface area contributed by atoms with Gasteiger partial charge in [-0.05, 0) is 41.8 Å². The van der Waals surface area contributed by atoms with E-state index < -0.39 is 5.60 Å². The van der Waals surface area contributed by atoms with E-state index in [1.54, 1.807) is 0 Å². The summed E-state index contributed by atoms with van der Waals surface area (Å²) in [6, 6.07) is 12.2. The van der Waals surface area contributed by atoms with Gasteiger partial charge in [0, 0.05) is 37.3 Å². The van der Waals surface area contributed by atoms with Crippen molar-refractivity contribution >= 4 is 17.2 Å². The van der Waals surface area contributed by atoms with E-state index in [1.807, 2.05) is 12.1 Å². The maximum Gasteiger partial charge on any atom is 0.0881 e. The maximum absolute atomic E-state index is 10.8. The lowest BCUT2D eigenvalue weighted by Crippen LogP contribution is -2.51. The van der Waals surface area contributed by atoms with Gasteiger partial charge in [0.2, 0.25) is 0 Å². The summed E-state index contributed by atoms with van der Waals surface area (Å²) in [6.45, 7) is 2.71. The molecule has 0 amide bonds. The Labute approximate surface area is 153 Å². The summed E-state index contributed by atoms with van der Waals surface area (Å²) in [5, 5.41) is 13.8. The van der Waals surface area contributed by atoms with Crippen molar-refractivity contribution in [2.45, 2.75) is 24.9 Å². The van der Waals surface area contributed by atoms with Gasteiger partial charge in [0.05, 0.1) is 24.4 Å². The predicted molar refractivity (Wildman–Crippen MR) is 101 cm³/mol. The number of rotatable bonds is 4. The largest absolute Gasteiger partial charge is 0.388 e. The first kappa shape index (κ1) is 16.7. The zero-order chi connectivity index (χ0) is 17.3. The third kappa shape index (κ3) is 3.61. The van der Waals surface area contributed by atoms with Crippen molar-refractivity contribution in [3.05, 3.63) is 65.0 Å². The number of nitrogens with zero attached hydrogens (tertiary/aromatic N) is 2. The molecule has 1 saturated heterocycles. The van der Waals surface area contributed by atoms with Crippen LogP contribution >= 0.6 is 11.6 Å². The lowest BCUT2D eigenvalue weighted by atomic mass is 9.94. The number of aromatic nitrogens is 1. The summed E-state index contributed by atoms with van der Waals surface area (Å²) in [5.74, 6) is 0. The molecule has 0 atom stereocenters. The fourth-order valence-corrected chi connectivity index (χ4v) is 3.78. The molecule has 0 saturated carbocycles. The Balaban J connectivity index is 1.52. The number of hydrogen-bond acceptors (Lipinski definition) is 3. The Morgan fingerprint density at radius 1 is 1.12 bits per heavy atom. The third-order valence-corrected chi connectivity index (χ3v) is 5.37. The predicted octanol–water partition coefficient (Wildman–Crippen LogP) is 3.26. The molecule has 1 fully saturated rings. The minimum Gasteiger partial charge on any atom is -0.388 e. The van der Waals surface area contributed by atoms with Gasteiger partial charge in [-0.3, -0.25) is 4.68 Å². The SMILES string of the molecule is OC1(CN2CC=C(Cc3ccc(Cl)cc3)c3cccn32)CCOCC1. The van der Waals surface area contributed by atoms with Crippen LogP contribution in [-0.2, 0) is 11.2 Å². The molecular formula is C20H23ClN2O2. The summed E-state index contributed by atoms with van der Waals surface area (Å²) >= 11 is 5.98. The van der Waals surface area contributed by atoms with E-state index in [0.29, 0.717) is 32.6 Å². The minimum absolute atomic E-state index is 0.628. The van der Waals surface area contributed by atoms with Gasteiger partial charge in [-0.25, -0.2) is 0 Å².